The van der Waals surface area contributed by atoms with Crippen molar-refractivity contribution in [1.29, 1.82) is 0 Å². The summed E-state index contributed by atoms with van der Waals surface area (Å²) in [6.45, 7) is 14.2. The van der Waals surface area contributed by atoms with Crippen LogP contribution >= 0.6 is 0 Å². The predicted molar refractivity (Wildman–Crippen MR) is 144 cm³/mol. The van der Waals surface area contributed by atoms with Gasteiger partial charge in [-0.3, -0.25) is 4.79 Å². The number of rotatable bonds is 13. The van der Waals surface area contributed by atoms with E-state index in [1.807, 2.05) is 34.6 Å². The van der Waals surface area contributed by atoms with Gasteiger partial charge in [-0.25, -0.2) is 14.4 Å². The number of hydrogen-bond acceptors (Lipinski definition) is 11. The van der Waals surface area contributed by atoms with E-state index in [1.165, 1.54) is 18.2 Å². The van der Waals surface area contributed by atoms with Gasteiger partial charge in [-0.15, -0.1) is 0 Å². The zero-order valence-corrected chi connectivity index (χ0v) is 24.6. The topological polar surface area (TPSA) is 170 Å². The molecule has 12 heteroatoms. The molecule has 0 saturated heterocycles. The van der Waals surface area contributed by atoms with E-state index in [1.54, 1.807) is 20.8 Å². The van der Waals surface area contributed by atoms with E-state index >= 15 is 0 Å². The average Bonchev–Trinajstić information content (AvgIpc) is 2.86. The fourth-order valence-electron chi connectivity index (χ4n) is 3.28. The fraction of sp³-hybridized carbons (Fsp3) is 0.643. The minimum atomic E-state index is -1.42. The quantitative estimate of drug-likeness (QED) is 0.170. The molecule has 0 radical (unpaired) electrons. The van der Waals surface area contributed by atoms with E-state index < -0.39 is 54.5 Å². The van der Waals surface area contributed by atoms with Gasteiger partial charge in [0.25, 0.3) is 0 Å². The van der Waals surface area contributed by atoms with Gasteiger partial charge in [0.2, 0.25) is 0 Å². The first-order valence-electron chi connectivity index (χ1n) is 13.3. The van der Waals surface area contributed by atoms with Crippen LogP contribution in [0.5, 0.6) is 11.5 Å². The third kappa shape index (κ3) is 12.1. The number of hydrogen-bond donors (Lipinski definition) is 2. The van der Waals surface area contributed by atoms with Crippen LogP contribution in [0, 0.1) is 11.3 Å². The van der Waals surface area contributed by atoms with Crippen LogP contribution in [0.15, 0.2) is 18.2 Å². The Morgan fingerprint density at radius 3 is 1.85 bits per heavy atom. The first kappa shape index (κ1) is 34.5. The summed E-state index contributed by atoms with van der Waals surface area (Å²) in [5.74, 6) is -3.21. The summed E-state index contributed by atoms with van der Waals surface area (Å²) in [5, 5.41) is 9.69. The number of nitrogens with two attached hydrogens (primary N) is 1. The second-order valence-corrected chi connectivity index (χ2v) is 10.9. The van der Waals surface area contributed by atoms with Gasteiger partial charge in [0, 0.05) is 5.92 Å². The first-order valence-corrected chi connectivity index (χ1v) is 13.3. The molecule has 1 aromatic rings. The maximum Gasteiger partial charge on any atom is 0.514 e. The maximum atomic E-state index is 12.4. The number of benzene rings is 1. The number of carbonyl (C=O) groups is 4. The van der Waals surface area contributed by atoms with Crippen molar-refractivity contribution < 1.29 is 52.7 Å². The van der Waals surface area contributed by atoms with Crippen LogP contribution in [0.25, 0.3) is 0 Å². The summed E-state index contributed by atoms with van der Waals surface area (Å²) in [6.07, 6.45) is -2.74. The standard InChI is InChI=1S/C28H43NO11/c1-9-17(4)37-26(33)39-20-12-11-19(13-21(20)40-27(34)38-18(5)10-2)22(23(29)24(30)31)16(3)14-35-25(32)36-15-28(6,7)8/h11-13,16-18,22-23H,9-10,14-15,29H2,1-8H3,(H,30,31)/t16?,17?,18?,22?,23-/m0/s1. The predicted octanol–water partition coefficient (Wildman–Crippen LogP) is 5.65. The Morgan fingerprint density at radius 1 is 0.850 bits per heavy atom. The Kier molecular flexibility index (Phi) is 13.7. The number of carboxylic acid groups (broad SMARTS) is 1. The summed E-state index contributed by atoms with van der Waals surface area (Å²) in [5.41, 5.74) is 6.09. The number of carbonyl (C=O) groups excluding carboxylic acids is 3. The Morgan fingerprint density at radius 2 is 1.38 bits per heavy atom. The van der Waals surface area contributed by atoms with Gasteiger partial charge in [-0.2, -0.15) is 0 Å². The monoisotopic (exact) mass is 569 g/mol. The van der Waals surface area contributed by atoms with E-state index in [0.717, 1.165) is 0 Å². The molecule has 5 atom stereocenters. The van der Waals surface area contributed by atoms with Gasteiger partial charge in [0.15, 0.2) is 11.5 Å². The van der Waals surface area contributed by atoms with E-state index in [-0.39, 0.29) is 30.1 Å². The van der Waals surface area contributed by atoms with Crippen molar-refractivity contribution in [2.45, 2.75) is 92.4 Å². The number of carboxylic acids is 1. The fourth-order valence-corrected chi connectivity index (χ4v) is 3.28. The zero-order valence-electron chi connectivity index (χ0n) is 24.6. The molecule has 3 N–H and O–H groups in total. The molecule has 0 aliphatic rings. The van der Waals surface area contributed by atoms with Crippen molar-refractivity contribution in [1.82, 2.24) is 0 Å². The van der Waals surface area contributed by atoms with Crippen LogP contribution in [0.2, 0.25) is 0 Å². The third-order valence-corrected chi connectivity index (χ3v) is 5.86. The summed E-state index contributed by atoms with van der Waals surface area (Å²) in [4.78, 5) is 48.6. The molecule has 1 aromatic carbocycles. The smallest absolute Gasteiger partial charge is 0.480 e. The molecular formula is C28H43NO11. The van der Waals surface area contributed by atoms with Crippen LogP contribution in [0.1, 0.15) is 79.7 Å². The molecule has 0 aliphatic carbocycles. The number of aliphatic carboxylic acids is 1. The molecule has 0 bridgehead atoms. The molecule has 0 saturated carbocycles. The van der Waals surface area contributed by atoms with Crippen LogP contribution in [0.4, 0.5) is 14.4 Å². The molecule has 0 amide bonds. The van der Waals surface area contributed by atoms with Crippen LogP contribution in [-0.4, -0.2) is 61.0 Å². The lowest BCUT2D eigenvalue weighted by atomic mass is 9.82. The van der Waals surface area contributed by atoms with E-state index in [0.29, 0.717) is 18.4 Å². The van der Waals surface area contributed by atoms with Gasteiger partial charge in [-0.05, 0) is 55.7 Å². The van der Waals surface area contributed by atoms with Gasteiger partial charge in [-0.1, -0.05) is 47.6 Å². The molecule has 0 aromatic heterocycles. The highest BCUT2D eigenvalue weighted by Crippen LogP contribution is 2.36. The second kappa shape index (κ2) is 15.9. The van der Waals surface area contributed by atoms with Gasteiger partial charge in [0.05, 0.1) is 13.2 Å². The largest absolute Gasteiger partial charge is 0.514 e. The Hall–Kier alpha value is -3.54. The third-order valence-electron chi connectivity index (χ3n) is 5.86. The SMILES string of the molecule is CCC(C)OC(=O)Oc1ccc(C(C(C)COC(=O)OCC(C)(C)C)[C@H](N)C(=O)O)cc1OC(=O)OC(C)CC. The van der Waals surface area contributed by atoms with Crippen molar-refractivity contribution in [2.24, 2.45) is 17.1 Å². The Balaban J connectivity index is 3.31. The molecule has 226 valence electrons. The van der Waals surface area contributed by atoms with Gasteiger partial charge < -0.3 is 39.3 Å². The van der Waals surface area contributed by atoms with Crippen LogP contribution < -0.4 is 15.2 Å². The van der Waals surface area contributed by atoms with Crippen molar-refractivity contribution in [3.8, 4) is 11.5 Å². The molecule has 40 heavy (non-hydrogen) atoms. The summed E-state index contributed by atoms with van der Waals surface area (Å²) in [7, 11) is 0. The maximum absolute atomic E-state index is 12.4. The molecule has 0 aliphatic heterocycles. The minimum absolute atomic E-state index is 0.132. The molecule has 0 heterocycles. The highest BCUT2D eigenvalue weighted by atomic mass is 16.8. The van der Waals surface area contributed by atoms with E-state index in [9.17, 15) is 24.3 Å². The lowest BCUT2D eigenvalue weighted by Gasteiger charge is -2.28. The van der Waals surface area contributed by atoms with E-state index in [2.05, 4.69) is 0 Å². The molecule has 1 rings (SSSR count). The van der Waals surface area contributed by atoms with Crippen molar-refractivity contribution >= 4 is 24.4 Å². The van der Waals surface area contributed by atoms with Gasteiger partial charge >= 0.3 is 24.4 Å². The summed E-state index contributed by atoms with van der Waals surface area (Å²) >= 11 is 0. The lowest BCUT2D eigenvalue weighted by Crippen LogP contribution is -2.40. The van der Waals surface area contributed by atoms with Crippen LogP contribution in [0.3, 0.4) is 0 Å². The minimum Gasteiger partial charge on any atom is -0.480 e. The van der Waals surface area contributed by atoms with Crippen LogP contribution in [-0.2, 0) is 23.7 Å². The molecule has 0 fully saturated rings. The van der Waals surface area contributed by atoms with Crippen molar-refractivity contribution in [2.75, 3.05) is 13.2 Å². The molecule has 0 spiro atoms. The summed E-state index contributed by atoms with van der Waals surface area (Å²) < 4.78 is 31.2. The number of ether oxygens (including phenoxy) is 6. The molecule has 12 nitrogen and oxygen atoms in total. The van der Waals surface area contributed by atoms with Crippen molar-refractivity contribution in [3.05, 3.63) is 23.8 Å². The first-order chi connectivity index (χ1) is 18.6. The molecular weight excluding hydrogens is 526 g/mol. The van der Waals surface area contributed by atoms with Crippen molar-refractivity contribution in [3.63, 3.8) is 0 Å². The Bertz CT molecular complexity index is 1000. The Labute approximate surface area is 235 Å². The molecule has 4 unspecified atom stereocenters. The van der Waals surface area contributed by atoms with E-state index in [4.69, 9.17) is 34.2 Å². The normalized spacial score (nSPS) is 15.0. The second-order valence-electron chi connectivity index (χ2n) is 10.9. The highest BCUT2D eigenvalue weighted by Gasteiger charge is 2.33. The highest BCUT2D eigenvalue weighted by molar-refractivity contribution is 5.75. The lowest BCUT2D eigenvalue weighted by molar-refractivity contribution is -0.139. The summed E-state index contributed by atoms with van der Waals surface area (Å²) in [6, 6.07) is 2.70. The van der Waals surface area contributed by atoms with Gasteiger partial charge in [0.1, 0.15) is 18.2 Å². The zero-order chi connectivity index (χ0) is 30.6. The average molecular weight is 570 g/mol.